The Morgan fingerprint density at radius 2 is 2.10 bits per heavy atom. The van der Waals surface area contributed by atoms with E-state index in [4.69, 9.17) is 4.74 Å². The lowest BCUT2D eigenvalue weighted by Gasteiger charge is -2.38. The van der Waals surface area contributed by atoms with Crippen molar-refractivity contribution in [3.63, 3.8) is 0 Å². The summed E-state index contributed by atoms with van der Waals surface area (Å²) in [6.45, 7) is 6.95. The molecule has 1 aliphatic heterocycles. The first-order chi connectivity index (χ1) is 10.1. The smallest absolute Gasteiger partial charge is 0.0933 e. The van der Waals surface area contributed by atoms with E-state index >= 15 is 0 Å². The number of morpholine rings is 1. The molecule has 2 rings (SSSR count). The minimum absolute atomic E-state index is 0.0337. The molecule has 0 spiro atoms. The van der Waals surface area contributed by atoms with Crippen molar-refractivity contribution in [1.82, 2.24) is 10.2 Å². The number of hydrogen-bond donors (Lipinski definition) is 2. The molecule has 1 aromatic rings. The zero-order chi connectivity index (χ0) is 15.2. The van der Waals surface area contributed by atoms with Crippen molar-refractivity contribution in [2.24, 2.45) is 0 Å². The Bertz CT molecular complexity index is 421. The third-order valence-corrected chi connectivity index (χ3v) is 4.37. The fraction of sp³-hybridized carbons (Fsp3) is 0.647. The maximum absolute atomic E-state index is 9.26. The molecule has 1 saturated heterocycles. The second kappa shape index (κ2) is 7.90. The van der Waals surface area contributed by atoms with Crippen molar-refractivity contribution < 1.29 is 9.84 Å². The van der Waals surface area contributed by atoms with Crippen LogP contribution in [-0.4, -0.2) is 55.5 Å². The first-order valence-electron chi connectivity index (χ1n) is 7.84. The third kappa shape index (κ3) is 4.51. The van der Waals surface area contributed by atoms with Gasteiger partial charge in [-0.2, -0.15) is 0 Å². The summed E-state index contributed by atoms with van der Waals surface area (Å²) >= 11 is 0. The molecule has 3 unspecified atom stereocenters. The molecule has 1 heterocycles. The molecule has 0 bridgehead atoms. The van der Waals surface area contributed by atoms with Crippen LogP contribution in [0.25, 0.3) is 0 Å². The molecule has 0 saturated carbocycles. The number of aliphatic hydroxyl groups excluding tert-OH is 1. The number of nitrogens with zero attached hydrogens (tertiary/aromatic N) is 1. The van der Waals surface area contributed by atoms with E-state index in [1.165, 1.54) is 11.1 Å². The molecule has 0 amide bonds. The van der Waals surface area contributed by atoms with Gasteiger partial charge in [-0.05, 0) is 32.9 Å². The summed E-state index contributed by atoms with van der Waals surface area (Å²) in [6.07, 6.45) is 1.02. The van der Waals surface area contributed by atoms with Crippen LogP contribution in [0.1, 0.15) is 30.5 Å². The average Bonchev–Trinajstić information content (AvgIpc) is 2.51. The highest BCUT2D eigenvalue weighted by Crippen LogP contribution is 2.19. The normalized spacial score (nSPS) is 25.0. The van der Waals surface area contributed by atoms with Gasteiger partial charge in [0, 0.05) is 25.2 Å². The van der Waals surface area contributed by atoms with Crippen LogP contribution in [0, 0.1) is 6.92 Å². The number of aryl methyl sites for hydroxylation is 1. The van der Waals surface area contributed by atoms with Crippen molar-refractivity contribution in [3.05, 3.63) is 35.4 Å². The largest absolute Gasteiger partial charge is 0.394 e. The summed E-state index contributed by atoms with van der Waals surface area (Å²) in [4.78, 5) is 2.42. The van der Waals surface area contributed by atoms with Gasteiger partial charge in [-0.25, -0.2) is 0 Å². The van der Waals surface area contributed by atoms with Crippen molar-refractivity contribution in [2.45, 2.75) is 38.5 Å². The third-order valence-electron chi connectivity index (χ3n) is 4.37. The van der Waals surface area contributed by atoms with E-state index in [0.717, 1.165) is 19.5 Å². The molecule has 4 nitrogen and oxygen atoms in total. The quantitative estimate of drug-likeness (QED) is 0.838. The van der Waals surface area contributed by atoms with Crippen LogP contribution >= 0.6 is 0 Å². The minimum atomic E-state index is -0.0337. The van der Waals surface area contributed by atoms with Gasteiger partial charge in [0.05, 0.1) is 19.3 Å². The Kier molecular flexibility index (Phi) is 6.18. The Morgan fingerprint density at radius 1 is 1.38 bits per heavy atom. The monoisotopic (exact) mass is 292 g/mol. The van der Waals surface area contributed by atoms with Crippen molar-refractivity contribution in [2.75, 3.05) is 33.4 Å². The molecular weight excluding hydrogens is 264 g/mol. The molecular formula is C17H28N2O2. The van der Waals surface area contributed by atoms with Gasteiger partial charge in [-0.3, -0.25) is 4.90 Å². The molecule has 1 aliphatic rings. The average molecular weight is 292 g/mol. The Hall–Kier alpha value is -0.940. The van der Waals surface area contributed by atoms with Crippen LogP contribution in [0.2, 0.25) is 0 Å². The van der Waals surface area contributed by atoms with Crippen molar-refractivity contribution in [3.8, 4) is 0 Å². The highest BCUT2D eigenvalue weighted by atomic mass is 16.5. The molecule has 4 heteroatoms. The Balaban J connectivity index is 1.91. The van der Waals surface area contributed by atoms with E-state index in [1.54, 1.807) is 0 Å². The molecule has 0 aromatic heterocycles. The van der Waals surface area contributed by atoms with E-state index < -0.39 is 0 Å². The Labute approximate surface area is 128 Å². The SMILES string of the molecule is CNC(CCN1CC(CO)OCC1C)c1ccc(C)cc1. The van der Waals surface area contributed by atoms with Crippen LogP contribution in [0.4, 0.5) is 0 Å². The summed E-state index contributed by atoms with van der Waals surface area (Å²) in [7, 11) is 2.02. The number of nitrogens with one attached hydrogen (secondary N) is 1. The fourth-order valence-corrected chi connectivity index (χ4v) is 2.87. The maximum Gasteiger partial charge on any atom is 0.0933 e. The predicted octanol–water partition coefficient (Wildman–Crippen LogP) is 1.73. The summed E-state index contributed by atoms with van der Waals surface area (Å²) < 4.78 is 5.59. The number of aliphatic hydroxyl groups is 1. The van der Waals surface area contributed by atoms with Crippen LogP contribution < -0.4 is 5.32 Å². The van der Waals surface area contributed by atoms with Gasteiger partial charge in [-0.15, -0.1) is 0 Å². The topological polar surface area (TPSA) is 44.7 Å². The molecule has 21 heavy (non-hydrogen) atoms. The van der Waals surface area contributed by atoms with Gasteiger partial charge < -0.3 is 15.2 Å². The van der Waals surface area contributed by atoms with Crippen LogP contribution in [-0.2, 0) is 4.74 Å². The van der Waals surface area contributed by atoms with Gasteiger partial charge in [-0.1, -0.05) is 29.8 Å². The van der Waals surface area contributed by atoms with Gasteiger partial charge in [0.25, 0.3) is 0 Å². The van der Waals surface area contributed by atoms with Crippen LogP contribution in [0.5, 0.6) is 0 Å². The summed E-state index contributed by atoms with van der Waals surface area (Å²) in [5, 5.41) is 12.7. The van der Waals surface area contributed by atoms with Crippen molar-refractivity contribution in [1.29, 1.82) is 0 Å². The van der Waals surface area contributed by atoms with E-state index in [-0.39, 0.29) is 12.7 Å². The van der Waals surface area contributed by atoms with E-state index in [9.17, 15) is 5.11 Å². The fourth-order valence-electron chi connectivity index (χ4n) is 2.87. The zero-order valence-corrected chi connectivity index (χ0v) is 13.4. The molecule has 1 fully saturated rings. The first-order valence-corrected chi connectivity index (χ1v) is 7.84. The number of rotatable bonds is 6. The number of benzene rings is 1. The Morgan fingerprint density at radius 3 is 2.71 bits per heavy atom. The number of hydrogen-bond acceptors (Lipinski definition) is 4. The highest BCUT2D eigenvalue weighted by Gasteiger charge is 2.25. The first kappa shape index (κ1) is 16.4. The molecule has 3 atom stereocenters. The lowest BCUT2D eigenvalue weighted by Crippen LogP contribution is -2.50. The van der Waals surface area contributed by atoms with Gasteiger partial charge in [0.2, 0.25) is 0 Å². The van der Waals surface area contributed by atoms with Gasteiger partial charge >= 0.3 is 0 Å². The predicted molar refractivity (Wildman–Crippen MR) is 85.5 cm³/mol. The van der Waals surface area contributed by atoms with Crippen LogP contribution in [0.15, 0.2) is 24.3 Å². The van der Waals surface area contributed by atoms with Crippen molar-refractivity contribution >= 4 is 0 Å². The molecule has 0 aliphatic carbocycles. The maximum atomic E-state index is 9.26. The molecule has 2 N–H and O–H groups in total. The standard InChI is InChI=1S/C17H28N2O2/c1-13-4-6-15(7-5-13)17(18-3)8-9-19-10-16(11-20)21-12-14(19)2/h4-7,14,16-18,20H,8-12H2,1-3H3. The highest BCUT2D eigenvalue weighted by molar-refractivity contribution is 5.24. The van der Waals surface area contributed by atoms with Crippen LogP contribution in [0.3, 0.4) is 0 Å². The zero-order valence-electron chi connectivity index (χ0n) is 13.4. The summed E-state index contributed by atoms with van der Waals surface area (Å²) in [5.74, 6) is 0. The summed E-state index contributed by atoms with van der Waals surface area (Å²) in [6, 6.07) is 9.53. The molecule has 0 radical (unpaired) electrons. The van der Waals surface area contributed by atoms with Gasteiger partial charge in [0.15, 0.2) is 0 Å². The van der Waals surface area contributed by atoms with E-state index in [1.807, 2.05) is 7.05 Å². The summed E-state index contributed by atoms with van der Waals surface area (Å²) in [5.41, 5.74) is 2.63. The van der Waals surface area contributed by atoms with E-state index in [0.29, 0.717) is 18.7 Å². The lowest BCUT2D eigenvalue weighted by molar-refractivity contribution is -0.0783. The molecule has 1 aromatic carbocycles. The molecule has 118 valence electrons. The van der Waals surface area contributed by atoms with E-state index in [2.05, 4.69) is 48.3 Å². The van der Waals surface area contributed by atoms with Gasteiger partial charge in [0.1, 0.15) is 0 Å². The minimum Gasteiger partial charge on any atom is -0.394 e. The second-order valence-corrected chi connectivity index (χ2v) is 6.02. The lowest BCUT2D eigenvalue weighted by atomic mass is 10.0. The second-order valence-electron chi connectivity index (χ2n) is 6.02. The number of ether oxygens (including phenoxy) is 1.